The molecule has 4 rings (SSSR count). The third-order valence-electron chi connectivity index (χ3n) is 4.06. The maximum atomic E-state index is 11.5. The van der Waals surface area contributed by atoms with Gasteiger partial charge in [-0.25, -0.2) is 0 Å². The number of fused-ring (bicyclic) bond motifs is 2. The van der Waals surface area contributed by atoms with Gasteiger partial charge in [-0.05, 0) is 0 Å². The minimum absolute atomic E-state index is 0.0997. The molecule has 1 N–H and O–H groups in total. The molecule has 2 aliphatic heterocycles. The second-order valence-electron chi connectivity index (χ2n) is 5.79. The number of halogens is 1. The van der Waals surface area contributed by atoms with Gasteiger partial charge in [-0.3, -0.25) is 0 Å². The van der Waals surface area contributed by atoms with Crippen molar-refractivity contribution in [3.63, 3.8) is 0 Å². The molecule has 0 aromatic heterocycles. The normalized spacial score (nSPS) is 20.8. The van der Waals surface area contributed by atoms with Crippen LogP contribution in [0, 0.1) is 9.49 Å². The molecule has 1 aliphatic carbocycles. The van der Waals surface area contributed by atoms with Crippen molar-refractivity contribution < 1.29 is 58.3 Å². The first-order chi connectivity index (χ1) is 13.0. The standard InChI is InChI=1S/C17H11INO8/c20-14-10-3-1-8(5-12(10)16(22)25-14)7-24-19-27-18-9-2-4-11-13(6-9)17(23)26-15(11)21/h2-6,8,19H,1,7H2/q-1. The number of allylic oxidation sites excluding steroid dienone is 1. The number of carbonyl (C=O) groups excluding carboxylic acids is 4. The van der Waals surface area contributed by atoms with E-state index in [2.05, 4.69) is 15.1 Å². The van der Waals surface area contributed by atoms with Gasteiger partial charge < -0.3 is 0 Å². The fourth-order valence-electron chi connectivity index (χ4n) is 2.78. The third kappa shape index (κ3) is 3.56. The summed E-state index contributed by atoms with van der Waals surface area (Å²) in [5, 5.41) is 0. The van der Waals surface area contributed by atoms with E-state index in [0.29, 0.717) is 12.0 Å². The zero-order valence-corrected chi connectivity index (χ0v) is 15.7. The molecule has 1 aromatic carbocycles. The molecule has 2 heterocycles. The molecule has 1 atom stereocenters. The Hall–Kier alpha value is -2.41. The van der Waals surface area contributed by atoms with Gasteiger partial charge in [0.25, 0.3) is 0 Å². The van der Waals surface area contributed by atoms with Gasteiger partial charge in [-0.1, -0.05) is 0 Å². The van der Waals surface area contributed by atoms with Gasteiger partial charge in [0.2, 0.25) is 0 Å². The van der Waals surface area contributed by atoms with Crippen LogP contribution in [0.1, 0.15) is 27.1 Å². The van der Waals surface area contributed by atoms with E-state index in [1.807, 2.05) is 0 Å². The van der Waals surface area contributed by atoms with Gasteiger partial charge in [0.15, 0.2) is 0 Å². The predicted octanol–water partition coefficient (Wildman–Crippen LogP) is -2.42. The Labute approximate surface area is 163 Å². The van der Waals surface area contributed by atoms with E-state index in [1.54, 1.807) is 24.3 Å². The van der Waals surface area contributed by atoms with Crippen LogP contribution in [0.2, 0.25) is 0 Å². The number of rotatable bonds is 6. The quantitative estimate of drug-likeness (QED) is 0.155. The predicted molar refractivity (Wildman–Crippen MR) is 80.4 cm³/mol. The van der Waals surface area contributed by atoms with Gasteiger partial charge in [0.05, 0.1) is 0 Å². The van der Waals surface area contributed by atoms with E-state index in [4.69, 9.17) is 8.00 Å². The van der Waals surface area contributed by atoms with Crippen LogP contribution in [0.4, 0.5) is 0 Å². The fraction of sp³-hybridized carbons (Fsp3) is 0.176. The number of cyclic esters (lactones) is 4. The second-order valence-corrected chi connectivity index (χ2v) is 7.91. The Morgan fingerprint density at radius 1 is 1.00 bits per heavy atom. The molecule has 9 nitrogen and oxygen atoms in total. The first-order valence-corrected chi connectivity index (χ1v) is 9.76. The number of hydrogen-bond acceptors (Lipinski definition) is 9. The molecule has 140 valence electrons. The summed E-state index contributed by atoms with van der Waals surface area (Å²) in [6, 6.07) is 4.79. The summed E-state index contributed by atoms with van der Waals surface area (Å²) in [5.74, 6) is -2.66. The van der Waals surface area contributed by atoms with E-state index >= 15 is 0 Å². The number of nitrogens with one attached hydrogen (secondary N) is 1. The van der Waals surface area contributed by atoms with Gasteiger partial charge in [-0.15, -0.1) is 0 Å². The van der Waals surface area contributed by atoms with Crippen LogP contribution in [-0.4, -0.2) is 30.5 Å². The van der Waals surface area contributed by atoms with Crippen molar-refractivity contribution >= 4 is 23.9 Å². The molecule has 0 spiro atoms. The van der Waals surface area contributed by atoms with Crippen LogP contribution >= 0.6 is 0 Å². The molecule has 3 aliphatic rings. The molecule has 1 saturated heterocycles. The van der Waals surface area contributed by atoms with Gasteiger partial charge in [0.1, 0.15) is 0 Å². The summed E-state index contributed by atoms with van der Waals surface area (Å²) in [6.07, 6.45) is 3.86. The zero-order valence-electron chi connectivity index (χ0n) is 13.5. The summed E-state index contributed by atoms with van der Waals surface area (Å²) in [4.78, 5) is 51.1. The maximum absolute atomic E-state index is 11.5. The molecule has 0 saturated carbocycles. The van der Waals surface area contributed by atoms with Crippen molar-refractivity contribution in [1.29, 1.82) is 0 Å². The summed E-state index contributed by atoms with van der Waals surface area (Å²) >= 11 is -0.971. The summed E-state index contributed by atoms with van der Waals surface area (Å²) in [5.41, 5.74) is 3.44. The first-order valence-electron chi connectivity index (χ1n) is 7.80. The van der Waals surface area contributed by atoms with Crippen LogP contribution in [0.5, 0.6) is 0 Å². The Morgan fingerprint density at radius 3 is 2.59 bits per heavy atom. The fourth-order valence-corrected chi connectivity index (χ4v) is 4.02. The molecular weight excluding hydrogens is 473 g/mol. The van der Waals surface area contributed by atoms with Crippen molar-refractivity contribution in [2.45, 2.75) is 6.42 Å². The van der Waals surface area contributed by atoms with Gasteiger partial charge in [0, 0.05) is 0 Å². The summed E-state index contributed by atoms with van der Waals surface area (Å²) < 4.78 is 15.1. The average Bonchev–Trinajstić information content (AvgIpc) is 3.10. The average molecular weight is 484 g/mol. The SMILES string of the molecule is O=C1OC(=O)C2=CC(CONO[I-]c3ccc4c(c3)C(=O)OC4=O)CC=C12. The Balaban J connectivity index is 1.24. The van der Waals surface area contributed by atoms with Crippen LogP contribution < -0.4 is 27.3 Å². The van der Waals surface area contributed by atoms with E-state index in [0.717, 1.165) is 3.57 Å². The summed E-state index contributed by atoms with van der Waals surface area (Å²) in [6.45, 7) is 0.226. The van der Waals surface area contributed by atoms with Crippen LogP contribution in [0.25, 0.3) is 0 Å². The van der Waals surface area contributed by atoms with Crippen molar-refractivity contribution in [3.05, 3.63) is 56.2 Å². The van der Waals surface area contributed by atoms with Crippen molar-refractivity contribution in [2.24, 2.45) is 5.92 Å². The number of hydrogen-bond donors (Lipinski definition) is 1. The van der Waals surface area contributed by atoms with Crippen molar-refractivity contribution in [3.8, 4) is 0 Å². The van der Waals surface area contributed by atoms with Crippen LogP contribution in [0.3, 0.4) is 0 Å². The Bertz CT molecular complexity index is 935. The number of benzene rings is 1. The molecular formula is C17H11INO8-. The molecule has 0 radical (unpaired) electrons. The monoisotopic (exact) mass is 484 g/mol. The summed E-state index contributed by atoms with van der Waals surface area (Å²) in [7, 11) is 0. The van der Waals surface area contributed by atoms with Crippen molar-refractivity contribution in [1.82, 2.24) is 5.64 Å². The molecule has 27 heavy (non-hydrogen) atoms. The van der Waals surface area contributed by atoms with E-state index < -0.39 is 45.5 Å². The molecule has 1 aromatic rings. The zero-order chi connectivity index (χ0) is 19.0. The number of carbonyl (C=O) groups is 4. The van der Waals surface area contributed by atoms with E-state index in [9.17, 15) is 19.2 Å². The molecule has 1 fully saturated rings. The van der Waals surface area contributed by atoms with E-state index in [1.165, 1.54) is 6.07 Å². The minimum atomic E-state index is -0.971. The van der Waals surface area contributed by atoms with Crippen molar-refractivity contribution in [2.75, 3.05) is 6.61 Å². The Kier molecular flexibility index (Phi) is 4.86. The van der Waals surface area contributed by atoms with Gasteiger partial charge >= 0.3 is 163 Å². The topological polar surface area (TPSA) is 117 Å². The molecule has 0 bridgehead atoms. The second kappa shape index (κ2) is 7.31. The molecule has 1 unspecified atom stereocenters. The third-order valence-corrected chi connectivity index (χ3v) is 5.64. The van der Waals surface area contributed by atoms with E-state index in [-0.39, 0.29) is 29.2 Å². The molecule has 0 amide bonds. The van der Waals surface area contributed by atoms with Crippen LogP contribution in [-0.2, 0) is 27.1 Å². The first kappa shape index (κ1) is 18.0. The molecule has 10 heteroatoms. The van der Waals surface area contributed by atoms with Crippen LogP contribution in [0.15, 0.2) is 41.5 Å². The Morgan fingerprint density at radius 2 is 1.74 bits per heavy atom. The number of esters is 4. The number of ether oxygens (including phenoxy) is 2. The van der Waals surface area contributed by atoms with Gasteiger partial charge in [-0.2, -0.15) is 0 Å².